The highest BCUT2D eigenvalue weighted by Gasteiger charge is 2.34. The number of anilines is 1. The summed E-state index contributed by atoms with van der Waals surface area (Å²) in [5, 5.41) is 7.26. The van der Waals surface area contributed by atoms with E-state index in [2.05, 4.69) is 59.2 Å². The second kappa shape index (κ2) is 3.85. The van der Waals surface area contributed by atoms with Gasteiger partial charge in [-0.3, -0.25) is 0 Å². The third-order valence-electron chi connectivity index (χ3n) is 4.18. The SMILES string of the molecule is c1ccc2c(c1)CN[C@H]1c3ccccc3NC[C@@H]21. The van der Waals surface area contributed by atoms with E-state index >= 15 is 0 Å². The molecule has 2 aromatic rings. The van der Waals surface area contributed by atoms with E-state index in [0.29, 0.717) is 12.0 Å². The molecule has 0 saturated carbocycles. The zero-order valence-corrected chi connectivity index (χ0v) is 10.2. The zero-order chi connectivity index (χ0) is 11.9. The zero-order valence-electron chi connectivity index (χ0n) is 10.2. The molecule has 2 heterocycles. The van der Waals surface area contributed by atoms with Gasteiger partial charge in [-0.1, -0.05) is 42.5 Å². The largest absolute Gasteiger partial charge is 0.384 e. The molecule has 2 nitrogen and oxygen atoms in total. The Hall–Kier alpha value is -1.80. The van der Waals surface area contributed by atoms with Crippen LogP contribution in [0, 0.1) is 0 Å². The van der Waals surface area contributed by atoms with E-state index in [1.807, 2.05) is 0 Å². The van der Waals surface area contributed by atoms with E-state index in [9.17, 15) is 0 Å². The molecule has 0 fully saturated rings. The average Bonchev–Trinajstić information content (AvgIpc) is 2.46. The maximum atomic E-state index is 3.69. The predicted molar refractivity (Wildman–Crippen MR) is 73.7 cm³/mol. The number of rotatable bonds is 0. The van der Waals surface area contributed by atoms with Crippen molar-refractivity contribution in [1.82, 2.24) is 5.32 Å². The molecule has 2 aliphatic rings. The highest BCUT2D eigenvalue weighted by atomic mass is 15.0. The fourth-order valence-electron chi connectivity index (χ4n) is 3.30. The molecule has 0 saturated heterocycles. The van der Waals surface area contributed by atoms with Gasteiger partial charge in [0.2, 0.25) is 0 Å². The summed E-state index contributed by atoms with van der Waals surface area (Å²) < 4.78 is 0. The standard InChI is InChI=1S/C16H16N2/c1-2-6-12-11(5-1)9-18-16-13-7-3-4-8-15(13)17-10-14(12)16/h1-8,14,16-18H,9-10H2/t14-,16-/m0/s1. The van der Waals surface area contributed by atoms with Gasteiger partial charge in [-0.25, -0.2) is 0 Å². The van der Waals surface area contributed by atoms with Crippen LogP contribution in [0.15, 0.2) is 48.5 Å². The number of hydrogen-bond acceptors (Lipinski definition) is 2. The molecule has 0 aliphatic carbocycles. The van der Waals surface area contributed by atoms with E-state index in [4.69, 9.17) is 0 Å². The van der Waals surface area contributed by atoms with Gasteiger partial charge in [-0.05, 0) is 22.8 Å². The van der Waals surface area contributed by atoms with Gasteiger partial charge in [0.1, 0.15) is 0 Å². The molecule has 90 valence electrons. The Morgan fingerprint density at radius 2 is 1.67 bits per heavy atom. The van der Waals surface area contributed by atoms with E-state index < -0.39 is 0 Å². The molecule has 4 rings (SSSR count). The summed E-state index contributed by atoms with van der Waals surface area (Å²) in [6, 6.07) is 17.9. The lowest BCUT2D eigenvalue weighted by Gasteiger charge is -2.39. The van der Waals surface area contributed by atoms with Crippen LogP contribution in [0.2, 0.25) is 0 Å². The number of hydrogen-bond donors (Lipinski definition) is 2. The minimum absolute atomic E-state index is 0.456. The Bertz CT molecular complexity index is 538. The monoisotopic (exact) mass is 236 g/mol. The van der Waals surface area contributed by atoms with Gasteiger partial charge in [0.25, 0.3) is 0 Å². The molecule has 2 atom stereocenters. The summed E-state index contributed by atoms with van der Waals surface area (Å²) in [4.78, 5) is 0. The maximum absolute atomic E-state index is 3.69. The Labute approximate surface area is 107 Å². The van der Waals surface area contributed by atoms with Crippen molar-refractivity contribution >= 4 is 5.69 Å². The normalized spacial score (nSPS) is 24.4. The fraction of sp³-hybridized carbons (Fsp3) is 0.250. The topological polar surface area (TPSA) is 24.1 Å². The number of fused-ring (bicyclic) bond motifs is 5. The summed E-state index contributed by atoms with van der Waals surface area (Å²) in [5.41, 5.74) is 5.64. The van der Waals surface area contributed by atoms with Gasteiger partial charge in [0, 0.05) is 30.7 Å². The number of nitrogens with one attached hydrogen (secondary N) is 2. The van der Waals surface area contributed by atoms with Crippen molar-refractivity contribution in [2.24, 2.45) is 0 Å². The average molecular weight is 236 g/mol. The van der Waals surface area contributed by atoms with Crippen LogP contribution in [0.25, 0.3) is 0 Å². The minimum Gasteiger partial charge on any atom is -0.384 e. The Morgan fingerprint density at radius 3 is 2.61 bits per heavy atom. The number of benzene rings is 2. The second-order valence-corrected chi connectivity index (χ2v) is 5.13. The lowest BCUT2D eigenvalue weighted by molar-refractivity contribution is 0.415. The van der Waals surface area contributed by atoms with Gasteiger partial charge in [0.05, 0.1) is 0 Å². The van der Waals surface area contributed by atoms with Crippen LogP contribution in [0.1, 0.15) is 28.7 Å². The van der Waals surface area contributed by atoms with Crippen molar-refractivity contribution in [3.63, 3.8) is 0 Å². The minimum atomic E-state index is 0.456. The van der Waals surface area contributed by atoms with Crippen LogP contribution in [0.5, 0.6) is 0 Å². The molecular formula is C16H16N2. The first-order chi connectivity index (χ1) is 8.93. The first-order valence-electron chi connectivity index (χ1n) is 6.57. The Kier molecular flexibility index (Phi) is 2.17. The summed E-state index contributed by atoms with van der Waals surface area (Å²) in [7, 11) is 0. The van der Waals surface area contributed by atoms with Crippen LogP contribution in [-0.4, -0.2) is 6.54 Å². The fourth-order valence-corrected chi connectivity index (χ4v) is 3.30. The molecule has 0 bridgehead atoms. The van der Waals surface area contributed by atoms with E-state index in [1.165, 1.54) is 22.4 Å². The molecule has 2 N–H and O–H groups in total. The quantitative estimate of drug-likeness (QED) is 0.734. The molecule has 18 heavy (non-hydrogen) atoms. The van der Waals surface area contributed by atoms with Crippen molar-refractivity contribution in [1.29, 1.82) is 0 Å². The van der Waals surface area contributed by atoms with Crippen molar-refractivity contribution < 1.29 is 0 Å². The second-order valence-electron chi connectivity index (χ2n) is 5.13. The predicted octanol–water partition coefficient (Wildman–Crippen LogP) is 3.04. The third-order valence-corrected chi connectivity index (χ3v) is 4.18. The van der Waals surface area contributed by atoms with Crippen LogP contribution in [0.3, 0.4) is 0 Å². The van der Waals surface area contributed by atoms with Gasteiger partial charge in [-0.15, -0.1) is 0 Å². The third kappa shape index (κ3) is 1.39. The van der Waals surface area contributed by atoms with Crippen molar-refractivity contribution in [3.8, 4) is 0 Å². The molecule has 0 radical (unpaired) electrons. The summed E-state index contributed by atoms with van der Waals surface area (Å²) >= 11 is 0. The van der Waals surface area contributed by atoms with Crippen LogP contribution in [0.4, 0.5) is 5.69 Å². The van der Waals surface area contributed by atoms with Gasteiger partial charge < -0.3 is 10.6 Å². The van der Waals surface area contributed by atoms with Crippen LogP contribution >= 0.6 is 0 Å². The van der Waals surface area contributed by atoms with E-state index in [-0.39, 0.29) is 0 Å². The van der Waals surface area contributed by atoms with Crippen LogP contribution < -0.4 is 10.6 Å². The molecule has 0 spiro atoms. The van der Waals surface area contributed by atoms with Crippen LogP contribution in [-0.2, 0) is 6.54 Å². The van der Waals surface area contributed by atoms with E-state index in [1.54, 1.807) is 0 Å². The molecule has 0 amide bonds. The van der Waals surface area contributed by atoms with E-state index in [0.717, 1.165) is 13.1 Å². The molecule has 2 aliphatic heterocycles. The summed E-state index contributed by atoms with van der Waals surface area (Å²) in [6.45, 7) is 2.00. The maximum Gasteiger partial charge on any atom is 0.0429 e. The van der Waals surface area contributed by atoms with Crippen molar-refractivity contribution in [2.75, 3.05) is 11.9 Å². The molecule has 0 aromatic heterocycles. The first kappa shape index (κ1) is 10.2. The highest BCUT2D eigenvalue weighted by molar-refractivity contribution is 5.57. The number of para-hydroxylation sites is 1. The molecule has 0 unspecified atom stereocenters. The lowest BCUT2D eigenvalue weighted by Crippen LogP contribution is -2.39. The Morgan fingerprint density at radius 1 is 0.889 bits per heavy atom. The molecule has 2 heteroatoms. The summed E-state index contributed by atoms with van der Waals surface area (Å²) in [6.07, 6.45) is 0. The lowest BCUT2D eigenvalue weighted by atomic mass is 9.79. The Balaban J connectivity index is 1.83. The molecular weight excluding hydrogens is 220 g/mol. The smallest absolute Gasteiger partial charge is 0.0429 e. The van der Waals surface area contributed by atoms with Gasteiger partial charge in [-0.2, -0.15) is 0 Å². The van der Waals surface area contributed by atoms with Crippen molar-refractivity contribution in [2.45, 2.75) is 18.5 Å². The summed E-state index contributed by atoms with van der Waals surface area (Å²) in [5.74, 6) is 0.546. The van der Waals surface area contributed by atoms with Gasteiger partial charge >= 0.3 is 0 Å². The highest BCUT2D eigenvalue weighted by Crippen LogP contribution is 2.42. The first-order valence-corrected chi connectivity index (χ1v) is 6.57. The van der Waals surface area contributed by atoms with Gasteiger partial charge in [0.15, 0.2) is 0 Å². The molecule has 2 aromatic carbocycles. The van der Waals surface area contributed by atoms with Crippen molar-refractivity contribution in [3.05, 3.63) is 65.2 Å².